The van der Waals surface area contributed by atoms with Crippen LogP contribution in [0, 0.1) is 0 Å². The van der Waals surface area contributed by atoms with Gasteiger partial charge in [-0.2, -0.15) is 0 Å². The first kappa shape index (κ1) is 22.2. The fourth-order valence-corrected chi connectivity index (χ4v) is 9.15. The second-order valence-corrected chi connectivity index (χ2v) is 16.2. The zero-order valence-electron chi connectivity index (χ0n) is 16.6. The lowest BCUT2D eigenvalue weighted by Gasteiger charge is -2.46. The first-order valence-corrected chi connectivity index (χ1v) is 15.0. The maximum atomic E-state index is 13.7. The van der Waals surface area contributed by atoms with Gasteiger partial charge >= 0.3 is 0 Å². The molecule has 0 bridgehead atoms. The molecule has 1 atom stereocenters. The number of allylic oxidation sites excluding steroid dienone is 2. The van der Waals surface area contributed by atoms with E-state index in [-0.39, 0.29) is 18.0 Å². The molecule has 1 aromatic rings. The normalized spacial score (nSPS) is 21.0. The monoisotopic (exact) mass is 426 g/mol. The van der Waals surface area contributed by atoms with Gasteiger partial charge in [-0.1, -0.05) is 61.7 Å². The fraction of sp³-hybridized carbons (Fsp3) is 0.526. The molecule has 0 saturated carbocycles. The van der Waals surface area contributed by atoms with Crippen LogP contribution in [0.15, 0.2) is 40.9 Å². The van der Waals surface area contributed by atoms with E-state index in [0.717, 1.165) is 10.6 Å². The van der Waals surface area contributed by atoms with Crippen LogP contribution < -0.4 is 0 Å². The summed E-state index contributed by atoms with van der Waals surface area (Å²) in [5.74, 6) is -0.261. The molecule has 1 unspecified atom stereocenters. The van der Waals surface area contributed by atoms with E-state index in [4.69, 9.17) is 0 Å². The van der Waals surface area contributed by atoms with Crippen LogP contribution in [0.5, 0.6) is 0 Å². The first-order valence-electron chi connectivity index (χ1n) is 9.14. The van der Waals surface area contributed by atoms with Crippen LogP contribution in [0.3, 0.4) is 0 Å². The van der Waals surface area contributed by atoms with Crippen molar-refractivity contribution in [3.8, 4) is 0 Å². The number of hydrogen-bond acceptors (Lipinski definition) is 6. The highest BCUT2D eigenvalue weighted by atomic mass is 32.2. The number of ketones is 1. The summed E-state index contributed by atoms with van der Waals surface area (Å²) in [5.41, 5.74) is 1.72. The van der Waals surface area contributed by atoms with Gasteiger partial charge in [0.05, 0.1) is 18.2 Å². The minimum atomic E-state index is -4.22. The van der Waals surface area contributed by atoms with Crippen molar-refractivity contribution in [3.05, 3.63) is 46.5 Å². The maximum absolute atomic E-state index is 13.7. The molecule has 0 spiro atoms. The molecule has 1 aromatic carbocycles. The maximum Gasteiger partial charge on any atom is 0.195 e. The Labute approximate surface area is 168 Å². The predicted molar refractivity (Wildman–Crippen MR) is 113 cm³/mol. The Bertz CT molecular complexity index is 831. The van der Waals surface area contributed by atoms with Crippen LogP contribution in [-0.4, -0.2) is 48.5 Å². The Balaban J connectivity index is 2.42. The Morgan fingerprint density at radius 1 is 1.22 bits per heavy atom. The van der Waals surface area contributed by atoms with Gasteiger partial charge in [0, 0.05) is 28.5 Å². The van der Waals surface area contributed by atoms with E-state index in [2.05, 4.69) is 24.5 Å². The summed E-state index contributed by atoms with van der Waals surface area (Å²) in [6.07, 6.45) is 0.785. The second-order valence-electron chi connectivity index (χ2n) is 7.81. The third-order valence-corrected chi connectivity index (χ3v) is 11.8. The lowest BCUT2D eigenvalue weighted by molar-refractivity contribution is 0.0896. The van der Waals surface area contributed by atoms with E-state index >= 15 is 0 Å². The average Bonchev–Trinajstić information content (AvgIpc) is 2.87. The summed E-state index contributed by atoms with van der Waals surface area (Å²) < 4.78 is 32.2. The summed E-state index contributed by atoms with van der Waals surface area (Å²) in [6, 6.07) is 9.37. The second kappa shape index (κ2) is 8.11. The molecule has 2 rings (SSSR count). The molecular formula is C19H28NO4S2Si-. The third-order valence-electron chi connectivity index (χ3n) is 4.93. The number of likely N-dealkylation sites (N-methyl/N-ethyl adjacent to an activating group) is 1. The highest BCUT2D eigenvalue weighted by Gasteiger charge is 2.58. The number of nitrogens with zero attached hydrogens (tertiary/aromatic N) is 1. The molecule has 1 aliphatic heterocycles. The van der Waals surface area contributed by atoms with Crippen molar-refractivity contribution < 1.29 is 17.8 Å². The van der Waals surface area contributed by atoms with E-state index in [1.165, 1.54) is 0 Å². The van der Waals surface area contributed by atoms with Crippen molar-refractivity contribution >= 4 is 35.7 Å². The van der Waals surface area contributed by atoms with Crippen LogP contribution >= 0.6 is 11.8 Å². The van der Waals surface area contributed by atoms with E-state index in [1.807, 2.05) is 44.2 Å². The van der Waals surface area contributed by atoms with E-state index in [9.17, 15) is 17.8 Å². The quantitative estimate of drug-likeness (QED) is 0.354. The lowest BCUT2D eigenvalue weighted by atomic mass is 10.1. The van der Waals surface area contributed by atoms with Crippen LogP contribution in [0.2, 0.25) is 19.6 Å². The molecule has 150 valence electrons. The van der Waals surface area contributed by atoms with Crippen molar-refractivity contribution in [3.63, 3.8) is 0 Å². The third kappa shape index (κ3) is 4.50. The Hall–Kier alpha value is -1.09. The number of thioether (sulfide) groups is 1. The number of benzene rings is 1. The molecule has 27 heavy (non-hydrogen) atoms. The Kier molecular flexibility index (Phi) is 6.66. The SMILES string of the molecule is CCN1C(C)=C(CCCS(=O)(=O)[O-])SC1(C(=O)c1ccccc1)[Si](C)(C)C. The molecule has 8 heteroatoms. The van der Waals surface area contributed by atoms with Gasteiger partial charge in [0.1, 0.15) is 4.49 Å². The first-order chi connectivity index (χ1) is 12.4. The minimum absolute atomic E-state index is 0.111. The molecule has 0 aromatic heterocycles. The summed E-state index contributed by atoms with van der Waals surface area (Å²) in [4.78, 5) is 16.9. The van der Waals surface area contributed by atoms with Crippen molar-refractivity contribution in [1.82, 2.24) is 4.90 Å². The van der Waals surface area contributed by atoms with Crippen molar-refractivity contribution in [1.29, 1.82) is 0 Å². The molecule has 1 heterocycles. The zero-order valence-corrected chi connectivity index (χ0v) is 19.2. The Morgan fingerprint density at radius 3 is 2.30 bits per heavy atom. The molecule has 1 aliphatic rings. The summed E-state index contributed by atoms with van der Waals surface area (Å²) in [5, 5.41) is 0. The van der Waals surface area contributed by atoms with Gasteiger partial charge in [-0.25, -0.2) is 8.42 Å². The van der Waals surface area contributed by atoms with Gasteiger partial charge in [0.15, 0.2) is 5.78 Å². The smallest absolute Gasteiger partial charge is 0.195 e. The van der Waals surface area contributed by atoms with E-state index in [1.54, 1.807) is 11.8 Å². The number of Topliss-reactive ketones (excluding diaryl/α,β-unsaturated/α-hetero) is 1. The van der Waals surface area contributed by atoms with Crippen molar-refractivity contribution in [2.45, 2.75) is 50.8 Å². The molecule has 0 saturated heterocycles. The van der Waals surface area contributed by atoms with Crippen LogP contribution in [0.4, 0.5) is 0 Å². The topological polar surface area (TPSA) is 77.5 Å². The van der Waals surface area contributed by atoms with Crippen molar-refractivity contribution in [2.75, 3.05) is 12.3 Å². The highest BCUT2D eigenvalue weighted by molar-refractivity contribution is 8.07. The lowest BCUT2D eigenvalue weighted by Crippen LogP contribution is -2.63. The molecule has 0 N–H and O–H groups in total. The molecular weight excluding hydrogens is 398 g/mol. The van der Waals surface area contributed by atoms with Crippen LogP contribution in [0.25, 0.3) is 0 Å². The molecule has 5 nitrogen and oxygen atoms in total. The fourth-order valence-electron chi connectivity index (χ4n) is 3.65. The van der Waals surface area contributed by atoms with Gasteiger partial charge in [-0.15, -0.1) is 0 Å². The molecule has 0 fully saturated rings. The number of carbonyl (C=O) groups excluding carboxylic acids is 1. The largest absolute Gasteiger partial charge is 0.748 e. The van der Waals surface area contributed by atoms with Gasteiger partial charge in [0.25, 0.3) is 0 Å². The van der Waals surface area contributed by atoms with E-state index in [0.29, 0.717) is 18.5 Å². The molecule has 0 aliphatic carbocycles. The standard InChI is InChI=1S/C19H29NO4S2Si/c1-6-20-15(2)17(13-10-14-26(22,23)24)25-19(20,27(3,4)5)18(21)16-11-8-7-9-12-16/h7-9,11-12H,6,10,13-14H2,1-5H3,(H,22,23,24)/p-1. The molecule has 0 amide bonds. The minimum Gasteiger partial charge on any atom is -0.748 e. The van der Waals surface area contributed by atoms with Crippen LogP contribution in [-0.2, 0) is 10.1 Å². The summed E-state index contributed by atoms with van der Waals surface area (Å²) in [7, 11) is -6.27. The van der Waals surface area contributed by atoms with Crippen LogP contribution in [0.1, 0.15) is 37.0 Å². The Morgan fingerprint density at radius 2 is 1.81 bits per heavy atom. The zero-order chi connectivity index (χ0) is 20.5. The average molecular weight is 427 g/mol. The van der Waals surface area contributed by atoms with E-state index < -0.39 is 22.7 Å². The summed E-state index contributed by atoms with van der Waals surface area (Å²) in [6.45, 7) is 11.3. The number of carbonyl (C=O) groups is 1. The number of rotatable bonds is 8. The van der Waals surface area contributed by atoms with Gasteiger partial charge < -0.3 is 9.45 Å². The van der Waals surface area contributed by atoms with Gasteiger partial charge in [-0.05, 0) is 26.7 Å². The number of hydrogen-bond donors (Lipinski definition) is 0. The highest BCUT2D eigenvalue weighted by Crippen LogP contribution is 2.53. The molecule has 0 radical (unpaired) electrons. The van der Waals surface area contributed by atoms with Gasteiger partial charge in [0.2, 0.25) is 0 Å². The van der Waals surface area contributed by atoms with Gasteiger partial charge in [-0.3, -0.25) is 4.79 Å². The van der Waals surface area contributed by atoms with Crippen molar-refractivity contribution in [2.24, 2.45) is 0 Å². The summed E-state index contributed by atoms with van der Waals surface area (Å²) >= 11 is 1.58. The predicted octanol–water partition coefficient (Wildman–Crippen LogP) is 4.07.